The lowest BCUT2D eigenvalue weighted by Gasteiger charge is -2.47. The van der Waals surface area contributed by atoms with Gasteiger partial charge in [0.05, 0.1) is 6.04 Å². The number of piperidine rings is 1. The molecule has 0 saturated carbocycles. The van der Waals surface area contributed by atoms with Gasteiger partial charge in [-0.15, -0.1) is 0 Å². The lowest BCUT2D eigenvalue weighted by Crippen LogP contribution is -2.60. The molecule has 3 aromatic rings. The molecule has 6 heteroatoms. The Morgan fingerprint density at radius 3 is 2.68 bits per heavy atom. The number of H-pyrrole nitrogens is 1. The molecule has 2 atom stereocenters. The number of hydrogen-bond donors (Lipinski definition) is 2. The van der Waals surface area contributed by atoms with Crippen LogP contribution in [0.1, 0.15) is 22.5 Å². The topological polar surface area (TPSA) is 59.6 Å². The molecule has 1 fully saturated rings. The van der Waals surface area contributed by atoms with E-state index in [9.17, 15) is 9.90 Å². The second-order valence-corrected chi connectivity index (χ2v) is 8.12. The van der Waals surface area contributed by atoms with Crippen LogP contribution < -0.4 is 0 Å². The van der Waals surface area contributed by atoms with Gasteiger partial charge in [-0.2, -0.15) is 0 Å². The van der Waals surface area contributed by atoms with E-state index in [1.165, 1.54) is 0 Å². The zero-order chi connectivity index (χ0) is 19.9. The zero-order valence-electron chi connectivity index (χ0n) is 16.0. The Kier molecular flexibility index (Phi) is 4.91. The summed E-state index contributed by atoms with van der Waals surface area (Å²) in [4.78, 5) is 20.1. The first kappa shape index (κ1) is 19.0. The minimum atomic E-state index is -0.991. The van der Waals surface area contributed by atoms with Crippen molar-refractivity contribution in [3.05, 3.63) is 70.9 Å². The molecule has 2 N–H and O–H groups in total. The number of rotatable bonds is 3. The number of carbonyl (C=O) groups excluding carboxylic acids is 1. The molecule has 2 aromatic carbocycles. The van der Waals surface area contributed by atoms with Gasteiger partial charge in [0.25, 0.3) is 5.91 Å². The van der Waals surface area contributed by atoms with Crippen LogP contribution >= 0.6 is 11.6 Å². The first-order valence-corrected chi connectivity index (χ1v) is 9.78. The maximum atomic E-state index is 13.1. The third-order valence-corrected chi connectivity index (χ3v) is 5.94. The molecule has 1 saturated heterocycles. The van der Waals surface area contributed by atoms with E-state index in [2.05, 4.69) is 4.98 Å². The third-order valence-electron chi connectivity index (χ3n) is 5.70. The lowest BCUT2D eigenvalue weighted by molar-refractivity contribution is -0.0811. The Bertz CT molecular complexity index is 1000. The van der Waals surface area contributed by atoms with Crippen molar-refractivity contribution in [1.82, 2.24) is 14.8 Å². The minimum Gasteiger partial charge on any atom is -0.383 e. The van der Waals surface area contributed by atoms with Gasteiger partial charge in [0.1, 0.15) is 11.3 Å². The van der Waals surface area contributed by atoms with Gasteiger partial charge in [-0.25, -0.2) is 0 Å². The van der Waals surface area contributed by atoms with Gasteiger partial charge in [0.2, 0.25) is 0 Å². The molecule has 0 aliphatic carbocycles. The normalized spacial score (nSPS) is 22.8. The van der Waals surface area contributed by atoms with Gasteiger partial charge in [-0.1, -0.05) is 41.9 Å². The average molecular weight is 398 g/mol. The van der Waals surface area contributed by atoms with Crippen LogP contribution in [0.2, 0.25) is 5.02 Å². The highest BCUT2D eigenvalue weighted by Gasteiger charge is 2.45. The summed E-state index contributed by atoms with van der Waals surface area (Å²) < 4.78 is 0. The van der Waals surface area contributed by atoms with Gasteiger partial charge in [-0.3, -0.25) is 4.79 Å². The van der Waals surface area contributed by atoms with Crippen LogP contribution in [0.3, 0.4) is 0 Å². The quantitative estimate of drug-likeness (QED) is 0.711. The molecule has 4 rings (SSSR count). The molecule has 146 valence electrons. The van der Waals surface area contributed by atoms with Crippen molar-refractivity contribution in [2.24, 2.45) is 0 Å². The van der Waals surface area contributed by atoms with Crippen molar-refractivity contribution in [2.45, 2.75) is 18.1 Å². The second-order valence-electron chi connectivity index (χ2n) is 7.69. The number of likely N-dealkylation sites (N-methyl/N-ethyl adjacent to an activating group) is 1. The van der Waals surface area contributed by atoms with E-state index in [0.717, 1.165) is 16.5 Å². The fourth-order valence-corrected chi connectivity index (χ4v) is 4.33. The van der Waals surface area contributed by atoms with Crippen LogP contribution in [0.15, 0.2) is 54.6 Å². The number of nitrogens with one attached hydrogen (secondary N) is 1. The number of hydrogen-bond acceptors (Lipinski definition) is 3. The summed E-state index contributed by atoms with van der Waals surface area (Å²) in [7, 11) is 3.88. The van der Waals surface area contributed by atoms with Crippen molar-refractivity contribution >= 4 is 28.4 Å². The van der Waals surface area contributed by atoms with Gasteiger partial charge < -0.3 is 19.9 Å². The molecule has 0 bridgehead atoms. The van der Waals surface area contributed by atoms with E-state index in [4.69, 9.17) is 11.6 Å². The number of aromatic nitrogens is 1. The van der Waals surface area contributed by atoms with Crippen LogP contribution in [0.4, 0.5) is 0 Å². The lowest BCUT2D eigenvalue weighted by atomic mass is 9.79. The summed E-state index contributed by atoms with van der Waals surface area (Å²) in [5.74, 6) is -0.0608. The molecular formula is C22H24ClN3O2. The third kappa shape index (κ3) is 3.30. The fourth-order valence-electron chi connectivity index (χ4n) is 4.15. The minimum absolute atomic E-state index is 0.0608. The monoisotopic (exact) mass is 397 g/mol. The predicted octanol–water partition coefficient (Wildman–Crippen LogP) is 3.49. The number of aromatic amines is 1. The van der Waals surface area contributed by atoms with Crippen LogP contribution in [0.25, 0.3) is 10.9 Å². The smallest absolute Gasteiger partial charge is 0.270 e. The molecule has 28 heavy (non-hydrogen) atoms. The maximum absolute atomic E-state index is 13.1. The number of carbonyl (C=O) groups is 1. The SMILES string of the molecule is CN(C)[C@@H]1CN(C(=O)c2cc3cc(Cl)ccc3[nH]2)CC[C@]1(O)c1ccccc1. The summed E-state index contributed by atoms with van der Waals surface area (Å²) >= 11 is 6.06. The summed E-state index contributed by atoms with van der Waals surface area (Å²) in [5.41, 5.74) is 1.32. The van der Waals surface area contributed by atoms with Crippen LogP contribution in [-0.4, -0.2) is 59.0 Å². The van der Waals surface area contributed by atoms with Crippen molar-refractivity contribution in [2.75, 3.05) is 27.2 Å². The molecule has 5 nitrogen and oxygen atoms in total. The van der Waals surface area contributed by atoms with Gasteiger partial charge >= 0.3 is 0 Å². The standard InChI is InChI=1S/C22H24ClN3O2/c1-25(2)20-14-26(11-10-22(20,28)16-6-4-3-5-7-16)21(27)19-13-15-12-17(23)8-9-18(15)24-19/h3-9,12-13,20,24,28H,10-11,14H2,1-2H3/t20-,22+/m1/s1. The highest BCUT2D eigenvalue weighted by Crippen LogP contribution is 2.35. The highest BCUT2D eigenvalue weighted by molar-refractivity contribution is 6.31. The molecule has 1 amide bonds. The number of benzene rings is 2. The second kappa shape index (κ2) is 7.24. The average Bonchev–Trinajstić information content (AvgIpc) is 3.11. The van der Waals surface area contributed by atoms with Crippen molar-refractivity contribution in [3.63, 3.8) is 0 Å². The van der Waals surface area contributed by atoms with Crippen molar-refractivity contribution < 1.29 is 9.90 Å². The van der Waals surface area contributed by atoms with E-state index in [-0.39, 0.29) is 11.9 Å². The Morgan fingerprint density at radius 2 is 1.96 bits per heavy atom. The highest BCUT2D eigenvalue weighted by atomic mass is 35.5. The summed E-state index contributed by atoms with van der Waals surface area (Å²) in [6, 6.07) is 16.9. The summed E-state index contributed by atoms with van der Waals surface area (Å²) in [6.45, 7) is 0.942. The molecule has 1 aromatic heterocycles. The number of likely N-dealkylation sites (tertiary alicyclic amines) is 1. The maximum Gasteiger partial charge on any atom is 0.270 e. The van der Waals surface area contributed by atoms with Crippen molar-refractivity contribution in [3.8, 4) is 0 Å². The van der Waals surface area contributed by atoms with Crippen LogP contribution in [0, 0.1) is 0 Å². The predicted molar refractivity (Wildman–Crippen MR) is 112 cm³/mol. The van der Waals surface area contributed by atoms with E-state index < -0.39 is 5.60 Å². The largest absolute Gasteiger partial charge is 0.383 e. The molecular weight excluding hydrogens is 374 g/mol. The number of halogens is 1. The van der Waals surface area contributed by atoms with E-state index in [1.807, 2.05) is 72.4 Å². The Hall–Kier alpha value is -2.34. The van der Waals surface area contributed by atoms with E-state index in [1.54, 1.807) is 6.07 Å². The Labute approximate surface area is 169 Å². The van der Waals surface area contributed by atoms with Gasteiger partial charge in [-0.05, 0) is 50.3 Å². The van der Waals surface area contributed by atoms with Crippen LogP contribution in [-0.2, 0) is 5.60 Å². The first-order chi connectivity index (χ1) is 13.4. The van der Waals surface area contributed by atoms with Gasteiger partial charge in [0.15, 0.2) is 0 Å². The van der Waals surface area contributed by atoms with E-state index >= 15 is 0 Å². The molecule has 0 radical (unpaired) electrons. The summed E-state index contributed by atoms with van der Waals surface area (Å²) in [6.07, 6.45) is 0.484. The molecule has 0 spiro atoms. The zero-order valence-corrected chi connectivity index (χ0v) is 16.8. The van der Waals surface area contributed by atoms with Crippen molar-refractivity contribution in [1.29, 1.82) is 0 Å². The molecule has 2 heterocycles. The fraction of sp³-hybridized carbons (Fsp3) is 0.318. The summed E-state index contributed by atoms with van der Waals surface area (Å²) in [5, 5.41) is 13.0. The Balaban J connectivity index is 1.61. The first-order valence-electron chi connectivity index (χ1n) is 9.40. The molecule has 1 aliphatic heterocycles. The number of fused-ring (bicyclic) bond motifs is 1. The molecule has 1 aliphatic rings. The number of amides is 1. The number of aliphatic hydroxyl groups is 1. The van der Waals surface area contributed by atoms with Gasteiger partial charge in [0, 0.05) is 29.0 Å². The van der Waals surface area contributed by atoms with E-state index in [0.29, 0.717) is 30.2 Å². The number of nitrogens with zero attached hydrogens (tertiary/aromatic N) is 2. The molecule has 0 unspecified atom stereocenters. The van der Waals surface area contributed by atoms with Crippen LogP contribution in [0.5, 0.6) is 0 Å². The Morgan fingerprint density at radius 1 is 1.21 bits per heavy atom.